The van der Waals surface area contributed by atoms with Crippen molar-refractivity contribution in [3.8, 4) is 0 Å². The molecule has 0 spiro atoms. The Labute approximate surface area is 107 Å². The Balaban J connectivity index is 1.98. The van der Waals surface area contributed by atoms with E-state index in [2.05, 4.69) is 38.2 Å². The summed E-state index contributed by atoms with van der Waals surface area (Å²) < 4.78 is 5.78. The molecule has 0 fully saturated rings. The first kappa shape index (κ1) is 14.7. The van der Waals surface area contributed by atoms with Crippen LogP contribution >= 0.6 is 0 Å². The highest BCUT2D eigenvalue weighted by Crippen LogP contribution is 2.24. The van der Waals surface area contributed by atoms with Gasteiger partial charge in [0, 0.05) is 12.6 Å². The molecule has 2 nitrogen and oxygen atoms in total. The van der Waals surface area contributed by atoms with Crippen LogP contribution in [0, 0.1) is 11.8 Å². The Morgan fingerprint density at radius 1 is 1.35 bits per heavy atom. The van der Waals surface area contributed by atoms with Crippen molar-refractivity contribution in [1.29, 1.82) is 0 Å². The molecular weight excluding hydrogens is 210 g/mol. The zero-order chi connectivity index (χ0) is 12.5. The summed E-state index contributed by atoms with van der Waals surface area (Å²) in [5.74, 6) is 1.51. The van der Waals surface area contributed by atoms with E-state index in [1.807, 2.05) is 0 Å². The highest BCUT2D eigenvalue weighted by molar-refractivity contribution is 4.93. The van der Waals surface area contributed by atoms with Gasteiger partial charge in [0.15, 0.2) is 0 Å². The summed E-state index contributed by atoms with van der Waals surface area (Å²) in [6.45, 7) is 9.57. The number of allylic oxidation sites excluding steroid dienone is 2. The van der Waals surface area contributed by atoms with Crippen LogP contribution in [0.2, 0.25) is 0 Å². The second kappa shape index (κ2) is 8.71. The lowest BCUT2D eigenvalue weighted by atomic mass is 9.85. The quantitative estimate of drug-likeness (QED) is 0.518. The Bertz CT molecular complexity index is 215. The fourth-order valence-corrected chi connectivity index (χ4v) is 2.39. The molecule has 0 amide bonds. The Morgan fingerprint density at radius 3 is 2.82 bits per heavy atom. The average Bonchev–Trinajstić information content (AvgIpc) is 2.31. The Morgan fingerprint density at radius 2 is 2.12 bits per heavy atom. The van der Waals surface area contributed by atoms with Gasteiger partial charge in [-0.2, -0.15) is 0 Å². The fraction of sp³-hybridized carbons (Fsp3) is 0.867. The average molecular weight is 239 g/mol. The lowest BCUT2D eigenvalue weighted by Crippen LogP contribution is -2.30. The predicted octanol–water partition coefficient (Wildman–Crippen LogP) is 3.38. The minimum Gasteiger partial charge on any atom is -0.380 e. The van der Waals surface area contributed by atoms with Gasteiger partial charge in [-0.1, -0.05) is 32.4 Å². The number of hydrogen-bond acceptors (Lipinski definition) is 2. The molecule has 0 aromatic rings. The minimum atomic E-state index is 0.625. The van der Waals surface area contributed by atoms with Gasteiger partial charge >= 0.3 is 0 Å². The van der Waals surface area contributed by atoms with Crippen molar-refractivity contribution in [3.05, 3.63) is 12.2 Å². The van der Waals surface area contributed by atoms with Crippen molar-refractivity contribution >= 4 is 0 Å². The molecule has 1 N–H and O–H groups in total. The lowest BCUT2D eigenvalue weighted by molar-refractivity contribution is 0.0797. The molecule has 0 heterocycles. The molecule has 0 aromatic heterocycles. The fourth-order valence-electron chi connectivity index (χ4n) is 2.39. The summed E-state index contributed by atoms with van der Waals surface area (Å²) in [7, 11) is 0. The first-order chi connectivity index (χ1) is 8.24. The standard InChI is InChI=1S/C15H29NO/c1-4-7-14(3)16-10-11-17-12-15-9-6-5-8-13(15)2/h5-6,13-16H,4,7-12H2,1-3H3. The molecule has 0 aromatic carbocycles. The van der Waals surface area contributed by atoms with Gasteiger partial charge in [0.05, 0.1) is 13.2 Å². The SMILES string of the molecule is CCCC(C)NCCOCC1CC=CCC1C. The van der Waals surface area contributed by atoms with E-state index >= 15 is 0 Å². The summed E-state index contributed by atoms with van der Waals surface area (Å²) in [5.41, 5.74) is 0. The molecule has 1 aliphatic rings. The Kier molecular flexibility index (Phi) is 7.54. The van der Waals surface area contributed by atoms with E-state index in [1.165, 1.54) is 25.7 Å². The maximum Gasteiger partial charge on any atom is 0.0591 e. The van der Waals surface area contributed by atoms with Crippen molar-refractivity contribution < 1.29 is 4.74 Å². The normalized spacial score (nSPS) is 26.1. The van der Waals surface area contributed by atoms with Crippen molar-refractivity contribution in [3.63, 3.8) is 0 Å². The summed E-state index contributed by atoms with van der Waals surface area (Å²) in [5, 5.41) is 3.49. The van der Waals surface area contributed by atoms with Crippen molar-refractivity contribution in [2.75, 3.05) is 19.8 Å². The molecule has 17 heavy (non-hydrogen) atoms. The first-order valence-electron chi connectivity index (χ1n) is 7.20. The molecule has 3 atom stereocenters. The molecule has 0 bridgehead atoms. The minimum absolute atomic E-state index is 0.625. The zero-order valence-electron chi connectivity index (χ0n) is 11.7. The van der Waals surface area contributed by atoms with E-state index in [-0.39, 0.29) is 0 Å². The molecule has 0 saturated carbocycles. The number of rotatable bonds is 8. The molecule has 0 aliphatic heterocycles. The topological polar surface area (TPSA) is 21.3 Å². The highest BCUT2D eigenvalue weighted by atomic mass is 16.5. The van der Waals surface area contributed by atoms with E-state index in [9.17, 15) is 0 Å². The molecule has 0 radical (unpaired) electrons. The van der Waals surface area contributed by atoms with E-state index in [4.69, 9.17) is 4.74 Å². The van der Waals surface area contributed by atoms with Crippen LogP contribution in [0.3, 0.4) is 0 Å². The van der Waals surface area contributed by atoms with Gasteiger partial charge in [-0.3, -0.25) is 0 Å². The largest absolute Gasteiger partial charge is 0.380 e. The third kappa shape index (κ3) is 6.23. The number of hydrogen-bond donors (Lipinski definition) is 1. The lowest BCUT2D eigenvalue weighted by Gasteiger charge is -2.25. The Hall–Kier alpha value is -0.340. The second-order valence-electron chi connectivity index (χ2n) is 5.40. The number of nitrogens with one attached hydrogen (secondary N) is 1. The molecular formula is C15H29NO. The van der Waals surface area contributed by atoms with Crippen LogP contribution in [0.25, 0.3) is 0 Å². The van der Waals surface area contributed by atoms with Crippen LogP contribution in [0.15, 0.2) is 12.2 Å². The van der Waals surface area contributed by atoms with Gasteiger partial charge in [-0.15, -0.1) is 0 Å². The summed E-state index contributed by atoms with van der Waals surface area (Å²) in [6, 6.07) is 0.625. The van der Waals surface area contributed by atoms with Gasteiger partial charge in [0.1, 0.15) is 0 Å². The van der Waals surface area contributed by atoms with E-state index < -0.39 is 0 Å². The van der Waals surface area contributed by atoms with Gasteiger partial charge < -0.3 is 10.1 Å². The molecule has 2 heteroatoms. The van der Waals surface area contributed by atoms with Gasteiger partial charge in [0.2, 0.25) is 0 Å². The van der Waals surface area contributed by atoms with Crippen LogP contribution in [0.4, 0.5) is 0 Å². The van der Waals surface area contributed by atoms with Crippen molar-refractivity contribution in [2.45, 2.75) is 52.5 Å². The zero-order valence-corrected chi connectivity index (χ0v) is 11.7. The van der Waals surface area contributed by atoms with Gasteiger partial charge in [0.25, 0.3) is 0 Å². The van der Waals surface area contributed by atoms with Crippen LogP contribution in [-0.4, -0.2) is 25.8 Å². The maximum atomic E-state index is 5.78. The van der Waals surface area contributed by atoms with Gasteiger partial charge in [-0.05, 0) is 38.0 Å². The monoisotopic (exact) mass is 239 g/mol. The molecule has 0 saturated heterocycles. The van der Waals surface area contributed by atoms with Gasteiger partial charge in [-0.25, -0.2) is 0 Å². The van der Waals surface area contributed by atoms with Crippen LogP contribution < -0.4 is 5.32 Å². The van der Waals surface area contributed by atoms with Crippen LogP contribution in [0.5, 0.6) is 0 Å². The maximum absolute atomic E-state index is 5.78. The summed E-state index contributed by atoms with van der Waals surface area (Å²) in [4.78, 5) is 0. The van der Waals surface area contributed by atoms with Crippen molar-refractivity contribution in [2.24, 2.45) is 11.8 Å². The second-order valence-corrected chi connectivity index (χ2v) is 5.40. The summed E-state index contributed by atoms with van der Waals surface area (Å²) in [6.07, 6.45) is 9.52. The van der Waals surface area contributed by atoms with E-state index in [0.29, 0.717) is 6.04 Å². The molecule has 3 unspecified atom stereocenters. The molecule has 1 aliphatic carbocycles. The van der Waals surface area contributed by atoms with Crippen LogP contribution in [-0.2, 0) is 4.74 Å². The molecule has 1 rings (SSSR count). The van der Waals surface area contributed by atoms with Crippen LogP contribution in [0.1, 0.15) is 46.5 Å². The molecule has 100 valence electrons. The third-order valence-corrected chi connectivity index (χ3v) is 3.71. The van der Waals surface area contributed by atoms with Crippen molar-refractivity contribution in [1.82, 2.24) is 5.32 Å². The predicted molar refractivity (Wildman–Crippen MR) is 74.2 cm³/mol. The van der Waals surface area contributed by atoms with E-state index in [0.717, 1.165) is 31.6 Å². The first-order valence-corrected chi connectivity index (χ1v) is 7.20. The summed E-state index contributed by atoms with van der Waals surface area (Å²) >= 11 is 0. The smallest absolute Gasteiger partial charge is 0.0591 e. The van der Waals surface area contributed by atoms with E-state index in [1.54, 1.807) is 0 Å². The third-order valence-electron chi connectivity index (χ3n) is 3.71. The number of ether oxygens (including phenoxy) is 1. The highest BCUT2D eigenvalue weighted by Gasteiger charge is 2.17.